The third kappa shape index (κ3) is 5.03. The summed E-state index contributed by atoms with van der Waals surface area (Å²) in [5.41, 5.74) is 3.57. The molecule has 144 valence electrons. The van der Waals surface area contributed by atoms with Crippen LogP contribution in [0.4, 0.5) is 0 Å². The summed E-state index contributed by atoms with van der Waals surface area (Å²) in [5.74, 6) is 0.489. The van der Waals surface area contributed by atoms with E-state index in [0.717, 1.165) is 17.8 Å². The van der Waals surface area contributed by atoms with Crippen LogP contribution in [0.5, 0.6) is 0 Å². The molecule has 29 heavy (non-hydrogen) atoms. The molecule has 0 aliphatic heterocycles. The SMILES string of the molecule is O=c1cc(C[C@@H](NCc2ccccc2)c2ccccc2)nc(-c2ccccn2)[nH]1. The predicted octanol–water partition coefficient (Wildman–Crippen LogP) is 3.91. The van der Waals surface area contributed by atoms with Gasteiger partial charge in [0.05, 0.1) is 5.69 Å². The number of aromatic amines is 1. The molecule has 2 heterocycles. The summed E-state index contributed by atoms with van der Waals surface area (Å²) < 4.78 is 0. The molecule has 5 nitrogen and oxygen atoms in total. The number of aromatic nitrogens is 3. The van der Waals surface area contributed by atoms with Crippen LogP contribution in [0.15, 0.2) is 95.9 Å². The van der Waals surface area contributed by atoms with Crippen molar-refractivity contribution in [3.63, 3.8) is 0 Å². The van der Waals surface area contributed by atoms with Gasteiger partial charge in [0.15, 0.2) is 5.82 Å². The lowest BCUT2D eigenvalue weighted by Crippen LogP contribution is -2.24. The highest BCUT2D eigenvalue weighted by Gasteiger charge is 2.14. The van der Waals surface area contributed by atoms with Gasteiger partial charge in [0.2, 0.25) is 0 Å². The van der Waals surface area contributed by atoms with Crippen molar-refractivity contribution < 1.29 is 0 Å². The molecule has 0 bridgehead atoms. The minimum Gasteiger partial charge on any atom is -0.305 e. The molecule has 0 amide bonds. The zero-order chi connectivity index (χ0) is 19.9. The molecule has 1 atom stereocenters. The Kier molecular flexibility index (Phi) is 5.88. The van der Waals surface area contributed by atoms with Gasteiger partial charge in [-0.05, 0) is 23.3 Å². The lowest BCUT2D eigenvalue weighted by atomic mass is 10.0. The third-order valence-corrected chi connectivity index (χ3v) is 4.71. The van der Waals surface area contributed by atoms with E-state index in [4.69, 9.17) is 0 Å². The maximum absolute atomic E-state index is 12.2. The van der Waals surface area contributed by atoms with E-state index in [2.05, 4.69) is 44.5 Å². The normalized spacial score (nSPS) is 11.9. The van der Waals surface area contributed by atoms with Crippen LogP contribution in [-0.2, 0) is 13.0 Å². The van der Waals surface area contributed by atoms with Crippen LogP contribution < -0.4 is 10.9 Å². The van der Waals surface area contributed by atoms with E-state index in [1.807, 2.05) is 54.6 Å². The number of hydrogen-bond donors (Lipinski definition) is 2. The highest BCUT2D eigenvalue weighted by molar-refractivity contribution is 5.48. The zero-order valence-electron chi connectivity index (χ0n) is 16.0. The van der Waals surface area contributed by atoms with Gasteiger partial charge in [-0.15, -0.1) is 0 Å². The number of rotatable bonds is 7. The maximum atomic E-state index is 12.2. The van der Waals surface area contributed by atoms with E-state index < -0.39 is 0 Å². The smallest absolute Gasteiger partial charge is 0.251 e. The Balaban J connectivity index is 1.60. The fraction of sp³-hybridized carbons (Fsp3) is 0.125. The third-order valence-electron chi connectivity index (χ3n) is 4.71. The Bertz CT molecular complexity index is 1100. The number of H-pyrrole nitrogens is 1. The van der Waals surface area contributed by atoms with Gasteiger partial charge in [0.1, 0.15) is 5.69 Å². The summed E-state index contributed by atoms with van der Waals surface area (Å²) in [6, 6.07) is 27.7. The molecular weight excluding hydrogens is 360 g/mol. The van der Waals surface area contributed by atoms with E-state index in [9.17, 15) is 4.79 Å². The van der Waals surface area contributed by atoms with Crippen LogP contribution in [0.3, 0.4) is 0 Å². The van der Waals surface area contributed by atoms with Gasteiger partial charge in [-0.2, -0.15) is 0 Å². The standard InChI is InChI=1S/C24H22N4O/c29-23-16-20(27-24(28-23)21-13-7-8-14-25-21)15-22(19-11-5-2-6-12-19)26-17-18-9-3-1-4-10-18/h1-14,16,22,26H,15,17H2,(H,27,28,29)/t22-/m1/s1. The van der Waals surface area contributed by atoms with E-state index in [-0.39, 0.29) is 11.6 Å². The quantitative estimate of drug-likeness (QED) is 0.508. The molecule has 2 aromatic heterocycles. The average molecular weight is 382 g/mol. The molecule has 0 aliphatic rings. The Labute approximate surface area is 169 Å². The van der Waals surface area contributed by atoms with Crippen molar-refractivity contribution in [2.45, 2.75) is 19.0 Å². The van der Waals surface area contributed by atoms with E-state index in [1.54, 1.807) is 12.3 Å². The summed E-state index contributed by atoms with van der Waals surface area (Å²) >= 11 is 0. The Morgan fingerprint density at radius 3 is 2.34 bits per heavy atom. The van der Waals surface area contributed by atoms with Gasteiger partial charge in [-0.1, -0.05) is 66.7 Å². The zero-order valence-corrected chi connectivity index (χ0v) is 16.0. The van der Waals surface area contributed by atoms with Crippen molar-refractivity contribution in [3.05, 3.63) is 118 Å². The van der Waals surface area contributed by atoms with Gasteiger partial charge < -0.3 is 10.3 Å². The fourth-order valence-corrected chi connectivity index (χ4v) is 3.28. The summed E-state index contributed by atoms with van der Waals surface area (Å²) in [6.45, 7) is 0.733. The van der Waals surface area contributed by atoms with Crippen LogP contribution in [0.2, 0.25) is 0 Å². The van der Waals surface area contributed by atoms with Gasteiger partial charge in [-0.25, -0.2) is 4.98 Å². The van der Waals surface area contributed by atoms with Crippen LogP contribution in [0, 0.1) is 0 Å². The number of benzene rings is 2. The highest BCUT2D eigenvalue weighted by atomic mass is 16.1. The number of nitrogens with zero attached hydrogens (tertiary/aromatic N) is 2. The molecule has 4 rings (SSSR count). The molecule has 2 aromatic carbocycles. The Hall–Kier alpha value is -3.57. The summed E-state index contributed by atoms with van der Waals surface area (Å²) in [5, 5.41) is 3.61. The van der Waals surface area contributed by atoms with Crippen LogP contribution >= 0.6 is 0 Å². The van der Waals surface area contributed by atoms with Gasteiger partial charge in [0.25, 0.3) is 5.56 Å². The largest absolute Gasteiger partial charge is 0.305 e. The molecular formula is C24H22N4O. The Morgan fingerprint density at radius 2 is 1.62 bits per heavy atom. The molecule has 4 aromatic rings. The summed E-state index contributed by atoms with van der Waals surface area (Å²) in [7, 11) is 0. The second-order valence-corrected chi connectivity index (χ2v) is 6.83. The number of nitrogens with one attached hydrogen (secondary N) is 2. The minimum absolute atomic E-state index is 0.0299. The maximum Gasteiger partial charge on any atom is 0.251 e. The molecule has 0 unspecified atom stereocenters. The van der Waals surface area contributed by atoms with E-state index in [1.165, 1.54) is 5.56 Å². The first-order chi connectivity index (χ1) is 14.3. The van der Waals surface area contributed by atoms with Gasteiger partial charge >= 0.3 is 0 Å². The first kappa shape index (κ1) is 18.8. The Morgan fingerprint density at radius 1 is 0.897 bits per heavy atom. The molecule has 0 radical (unpaired) electrons. The van der Waals surface area contributed by atoms with Crippen LogP contribution in [-0.4, -0.2) is 15.0 Å². The lowest BCUT2D eigenvalue weighted by Gasteiger charge is -2.19. The fourth-order valence-electron chi connectivity index (χ4n) is 3.28. The molecule has 0 saturated heterocycles. The number of hydrogen-bond acceptors (Lipinski definition) is 4. The molecule has 0 saturated carbocycles. The van der Waals surface area contributed by atoms with Gasteiger partial charge in [-0.3, -0.25) is 9.78 Å². The second kappa shape index (κ2) is 9.08. The molecule has 5 heteroatoms. The van der Waals surface area contributed by atoms with Crippen molar-refractivity contribution in [1.82, 2.24) is 20.3 Å². The van der Waals surface area contributed by atoms with Crippen molar-refractivity contribution in [2.24, 2.45) is 0 Å². The molecule has 0 aliphatic carbocycles. The lowest BCUT2D eigenvalue weighted by molar-refractivity contribution is 0.525. The first-order valence-electron chi connectivity index (χ1n) is 9.62. The number of pyridine rings is 1. The van der Waals surface area contributed by atoms with Crippen molar-refractivity contribution in [3.8, 4) is 11.5 Å². The molecule has 2 N–H and O–H groups in total. The second-order valence-electron chi connectivity index (χ2n) is 6.83. The first-order valence-corrected chi connectivity index (χ1v) is 9.62. The van der Waals surface area contributed by atoms with E-state index in [0.29, 0.717) is 17.9 Å². The summed E-state index contributed by atoms with van der Waals surface area (Å²) in [4.78, 5) is 24.0. The topological polar surface area (TPSA) is 70.7 Å². The predicted molar refractivity (Wildman–Crippen MR) is 114 cm³/mol. The van der Waals surface area contributed by atoms with Crippen LogP contribution in [0.25, 0.3) is 11.5 Å². The van der Waals surface area contributed by atoms with Crippen molar-refractivity contribution in [2.75, 3.05) is 0 Å². The molecule has 0 fully saturated rings. The monoisotopic (exact) mass is 382 g/mol. The van der Waals surface area contributed by atoms with E-state index >= 15 is 0 Å². The van der Waals surface area contributed by atoms with Crippen molar-refractivity contribution >= 4 is 0 Å². The van der Waals surface area contributed by atoms with Crippen molar-refractivity contribution in [1.29, 1.82) is 0 Å². The summed E-state index contributed by atoms with van der Waals surface area (Å²) in [6.07, 6.45) is 2.29. The van der Waals surface area contributed by atoms with Gasteiger partial charge in [0, 0.05) is 31.3 Å². The minimum atomic E-state index is -0.175. The highest BCUT2D eigenvalue weighted by Crippen LogP contribution is 2.19. The van der Waals surface area contributed by atoms with Crippen LogP contribution in [0.1, 0.15) is 22.9 Å². The molecule has 0 spiro atoms. The average Bonchev–Trinajstić information content (AvgIpc) is 2.78.